The molecule has 1 saturated heterocycles. The maximum atomic E-state index is 6.23. The summed E-state index contributed by atoms with van der Waals surface area (Å²) in [7, 11) is 0. The van der Waals surface area contributed by atoms with Gasteiger partial charge in [0, 0.05) is 23.2 Å². The Morgan fingerprint density at radius 1 is 1.37 bits per heavy atom. The van der Waals surface area contributed by atoms with E-state index in [0.717, 1.165) is 29.3 Å². The van der Waals surface area contributed by atoms with Crippen molar-refractivity contribution in [3.8, 4) is 5.75 Å². The second kappa shape index (κ2) is 7.13. The van der Waals surface area contributed by atoms with Gasteiger partial charge in [-0.3, -0.25) is 4.90 Å². The van der Waals surface area contributed by atoms with Crippen LogP contribution in [-0.4, -0.2) is 37.2 Å². The number of rotatable bonds is 6. The minimum atomic E-state index is 0.0841. The molecule has 1 fully saturated rings. The first-order chi connectivity index (χ1) is 9.16. The van der Waals surface area contributed by atoms with Crippen LogP contribution in [0.5, 0.6) is 5.75 Å². The summed E-state index contributed by atoms with van der Waals surface area (Å²) in [6.07, 6.45) is 3.37. The van der Waals surface area contributed by atoms with Gasteiger partial charge in [0.15, 0.2) is 0 Å². The number of hydrogen-bond acceptors (Lipinski definition) is 3. The highest BCUT2D eigenvalue weighted by molar-refractivity contribution is 6.31. The molecule has 0 radical (unpaired) electrons. The van der Waals surface area contributed by atoms with Gasteiger partial charge in [-0.05, 0) is 51.4 Å². The maximum Gasteiger partial charge on any atom is 0.124 e. The smallest absolute Gasteiger partial charge is 0.124 e. The molecule has 0 aliphatic carbocycles. The van der Waals surface area contributed by atoms with E-state index in [1.807, 2.05) is 25.1 Å². The molecule has 1 atom stereocenters. The van der Waals surface area contributed by atoms with Crippen molar-refractivity contribution in [3.05, 3.63) is 28.8 Å². The first-order valence-corrected chi connectivity index (χ1v) is 7.42. The fraction of sp³-hybridized carbons (Fsp3) is 0.600. The van der Waals surface area contributed by atoms with Crippen molar-refractivity contribution >= 4 is 11.6 Å². The van der Waals surface area contributed by atoms with Crippen LogP contribution in [0.15, 0.2) is 18.2 Å². The van der Waals surface area contributed by atoms with Crippen LogP contribution in [0.1, 0.15) is 25.3 Å². The molecule has 1 aromatic carbocycles. The van der Waals surface area contributed by atoms with E-state index in [2.05, 4.69) is 4.90 Å². The zero-order valence-electron chi connectivity index (χ0n) is 11.6. The number of ether oxygens (including phenoxy) is 1. The molecular formula is C15H23ClN2O. The first kappa shape index (κ1) is 14.6. The molecule has 0 bridgehead atoms. The second-order valence-electron chi connectivity index (χ2n) is 5.30. The largest absolute Gasteiger partial charge is 0.492 e. The summed E-state index contributed by atoms with van der Waals surface area (Å²) in [4.78, 5) is 2.44. The summed E-state index contributed by atoms with van der Waals surface area (Å²) >= 11 is 6.23. The molecule has 106 valence electrons. The van der Waals surface area contributed by atoms with Crippen LogP contribution in [-0.2, 0) is 6.42 Å². The lowest BCUT2D eigenvalue weighted by Gasteiger charge is -2.17. The third kappa shape index (κ3) is 4.37. The Hall–Kier alpha value is -0.770. The highest BCUT2D eigenvalue weighted by atomic mass is 35.5. The van der Waals surface area contributed by atoms with E-state index in [-0.39, 0.29) is 6.04 Å². The number of likely N-dealkylation sites (tertiary alicyclic amines) is 1. The molecule has 0 saturated carbocycles. The average molecular weight is 283 g/mol. The topological polar surface area (TPSA) is 38.5 Å². The van der Waals surface area contributed by atoms with Crippen molar-refractivity contribution in [1.82, 2.24) is 4.90 Å². The van der Waals surface area contributed by atoms with Gasteiger partial charge in [0.1, 0.15) is 12.4 Å². The lowest BCUT2D eigenvalue weighted by molar-refractivity contribution is 0.236. The van der Waals surface area contributed by atoms with Crippen LogP contribution in [0.25, 0.3) is 0 Å². The lowest BCUT2D eigenvalue weighted by atomic mass is 10.1. The molecule has 1 aliphatic heterocycles. The van der Waals surface area contributed by atoms with Gasteiger partial charge in [-0.2, -0.15) is 0 Å². The SMILES string of the molecule is CC(N)Cc1c(Cl)cccc1OCCN1CCCC1. The van der Waals surface area contributed by atoms with E-state index < -0.39 is 0 Å². The van der Waals surface area contributed by atoms with E-state index >= 15 is 0 Å². The van der Waals surface area contributed by atoms with Crippen LogP contribution in [0.2, 0.25) is 5.02 Å². The first-order valence-electron chi connectivity index (χ1n) is 7.05. The van der Waals surface area contributed by atoms with Crippen molar-refractivity contribution in [2.24, 2.45) is 5.73 Å². The minimum Gasteiger partial charge on any atom is -0.492 e. The Morgan fingerprint density at radius 3 is 2.79 bits per heavy atom. The molecule has 3 nitrogen and oxygen atoms in total. The molecule has 0 spiro atoms. The number of hydrogen-bond donors (Lipinski definition) is 1. The van der Waals surface area contributed by atoms with Crippen LogP contribution in [0.3, 0.4) is 0 Å². The van der Waals surface area contributed by atoms with Crippen molar-refractivity contribution < 1.29 is 4.74 Å². The van der Waals surface area contributed by atoms with Crippen molar-refractivity contribution in [2.75, 3.05) is 26.2 Å². The maximum absolute atomic E-state index is 6.23. The van der Waals surface area contributed by atoms with Gasteiger partial charge >= 0.3 is 0 Å². The van der Waals surface area contributed by atoms with Gasteiger partial charge in [0.2, 0.25) is 0 Å². The van der Waals surface area contributed by atoms with Gasteiger partial charge in [0.05, 0.1) is 0 Å². The molecular weight excluding hydrogens is 260 g/mol. The van der Waals surface area contributed by atoms with Crippen molar-refractivity contribution in [3.63, 3.8) is 0 Å². The fourth-order valence-electron chi connectivity index (χ4n) is 2.49. The zero-order valence-corrected chi connectivity index (χ0v) is 12.3. The highest BCUT2D eigenvalue weighted by Gasteiger charge is 2.13. The quantitative estimate of drug-likeness (QED) is 0.872. The molecule has 0 amide bonds. The van der Waals surface area contributed by atoms with Crippen molar-refractivity contribution in [1.29, 1.82) is 0 Å². The molecule has 1 aromatic rings. The van der Waals surface area contributed by atoms with Gasteiger partial charge in [0.25, 0.3) is 0 Å². The Kier molecular flexibility index (Phi) is 5.49. The number of nitrogens with zero attached hydrogens (tertiary/aromatic N) is 1. The second-order valence-corrected chi connectivity index (χ2v) is 5.70. The molecule has 2 N–H and O–H groups in total. The van der Waals surface area contributed by atoms with Crippen molar-refractivity contribution in [2.45, 2.75) is 32.2 Å². The van der Waals surface area contributed by atoms with E-state index in [4.69, 9.17) is 22.1 Å². The molecule has 19 heavy (non-hydrogen) atoms. The van der Waals surface area contributed by atoms with Crippen LogP contribution < -0.4 is 10.5 Å². The van der Waals surface area contributed by atoms with E-state index in [1.54, 1.807) is 0 Å². The molecule has 0 aromatic heterocycles. The predicted molar refractivity (Wildman–Crippen MR) is 80.0 cm³/mol. The lowest BCUT2D eigenvalue weighted by Crippen LogP contribution is -2.25. The van der Waals surface area contributed by atoms with Gasteiger partial charge < -0.3 is 10.5 Å². The Balaban J connectivity index is 1.92. The molecule has 1 aliphatic rings. The summed E-state index contributed by atoms with van der Waals surface area (Å²) in [6, 6.07) is 5.89. The van der Waals surface area contributed by atoms with Gasteiger partial charge in [-0.1, -0.05) is 17.7 Å². The summed E-state index contributed by atoms with van der Waals surface area (Å²) in [5, 5.41) is 0.746. The van der Waals surface area contributed by atoms with Crippen LogP contribution in [0, 0.1) is 0 Å². The number of benzene rings is 1. The van der Waals surface area contributed by atoms with Gasteiger partial charge in [-0.25, -0.2) is 0 Å². The fourth-order valence-corrected chi connectivity index (χ4v) is 2.73. The summed E-state index contributed by atoms with van der Waals surface area (Å²) in [5.74, 6) is 0.879. The highest BCUT2D eigenvalue weighted by Crippen LogP contribution is 2.27. The third-order valence-corrected chi connectivity index (χ3v) is 3.82. The molecule has 2 rings (SSSR count). The Labute approximate surface area is 120 Å². The summed E-state index contributed by atoms with van der Waals surface area (Å²) < 4.78 is 5.90. The summed E-state index contributed by atoms with van der Waals surface area (Å²) in [5.41, 5.74) is 6.90. The Bertz CT molecular complexity index is 403. The average Bonchev–Trinajstić information content (AvgIpc) is 2.86. The predicted octanol–water partition coefficient (Wildman–Crippen LogP) is 2.70. The number of nitrogens with two attached hydrogens (primary N) is 1. The molecule has 1 unspecified atom stereocenters. The van der Waals surface area contributed by atoms with E-state index in [9.17, 15) is 0 Å². The Morgan fingerprint density at radius 2 is 2.11 bits per heavy atom. The van der Waals surface area contributed by atoms with Crippen LogP contribution in [0.4, 0.5) is 0 Å². The van der Waals surface area contributed by atoms with E-state index in [0.29, 0.717) is 6.61 Å². The molecule has 4 heteroatoms. The van der Waals surface area contributed by atoms with Gasteiger partial charge in [-0.15, -0.1) is 0 Å². The standard InChI is InChI=1S/C15H23ClN2O/c1-12(17)11-13-14(16)5-4-6-15(13)19-10-9-18-7-2-3-8-18/h4-6,12H,2-3,7-11,17H2,1H3. The normalized spacial score (nSPS) is 17.6. The summed E-state index contributed by atoms with van der Waals surface area (Å²) in [6.45, 7) is 6.09. The minimum absolute atomic E-state index is 0.0841. The monoisotopic (exact) mass is 282 g/mol. The number of halogens is 1. The zero-order chi connectivity index (χ0) is 13.7. The third-order valence-electron chi connectivity index (χ3n) is 3.47. The molecule has 1 heterocycles. The van der Waals surface area contributed by atoms with E-state index in [1.165, 1.54) is 25.9 Å². The van der Waals surface area contributed by atoms with Crippen LogP contribution >= 0.6 is 11.6 Å².